The van der Waals surface area contributed by atoms with E-state index in [1.165, 1.54) is 20.1 Å². The van der Waals surface area contributed by atoms with Crippen LogP contribution >= 0.6 is 0 Å². The quantitative estimate of drug-likeness (QED) is 0.153. The van der Waals surface area contributed by atoms with Crippen molar-refractivity contribution in [2.75, 3.05) is 40.0 Å². The van der Waals surface area contributed by atoms with Crippen LogP contribution in [-0.2, 0) is 16.0 Å². The minimum atomic E-state index is 0.367. The first-order valence-electron chi connectivity index (χ1n) is 14.5. The highest BCUT2D eigenvalue weighted by Gasteiger charge is 2.50. The molecule has 1 aliphatic heterocycles. The topological polar surface area (TPSA) is 130 Å². The van der Waals surface area contributed by atoms with Crippen LogP contribution in [0.5, 0.6) is 0 Å². The van der Waals surface area contributed by atoms with Crippen molar-refractivity contribution in [2.24, 2.45) is 22.1 Å². The number of anilines is 1. The summed E-state index contributed by atoms with van der Waals surface area (Å²) in [6, 6.07) is 5.90. The molecule has 1 aromatic heterocycles. The number of aliphatic imine (C=N–C) groups is 1. The lowest BCUT2D eigenvalue weighted by Gasteiger charge is -2.57. The number of ketones is 1. The molecule has 2 heterocycles. The molecule has 1 spiro atoms. The van der Waals surface area contributed by atoms with Crippen LogP contribution in [0.25, 0.3) is 11.3 Å². The van der Waals surface area contributed by atoms with Crippen molar-refractivity contribution >= 4 is 24.0 Å². The standard InChI is InChI=1S/C20H28N4O.C8H13NO.C2H6.CH5N/c1-3-17(25)8-6-4-5-7-9-20-23-14-19(24-20)15-10-11-18(21)16(12-15)13-22-2;1-9-5-8(6-9)2-7(3-8)4-10;2*1-2/h10-14H,3-9,21H2,1-2H3,(H,23,24);4,7H,2-3,5-6H2,1H3;1-2H3;2H2,1H3. The number of benzene rings is 1. The fourth-order valence-corrected chi connectivity index (χ4v) is 5.28. The molecule has 4 rings (SSSR count). The van der Waals surface area contributed by atoms with Gasteiger partial charge in [-0.15, -0.1) is 0 Å². The number of Topliss-reactive ketones (excluding diaryl/α,β-unsaturated/α-hetero) is 1. The average molecular weight is 541 g/mol. The van der Waals surface area contributed by atoms with E-state index in [1.54, 1.807) is 13.3 Å². The number of hydrogen-bond acceptors (Lipinski definition) is 7. The fraction of sp³-hybridized carbons (Fsp3) is 0.613. The predicted octanol–water partition coefficient (Wildman–Crippen LogP) is 5.31. The molecule has 1 saturated carbocycles. The summed E-state index contributed by atoms with van der Waals surface area (Å²) in [5.74, 6) is 1.77. The van der Waals surface area contributed by atoms with Gasteiger partial charge in [0.05, 0.1) is 11.9 Å². The molecule has 39 heavy (non-hydrogen) atoms. The van der Waals surface area contributed by atoms with Gasteiger partial charge in [-0.05, 0) is 57.3 Å². The Morgan fingerprint density at radius 3 is 2.44 bits per heavy atom. The Morgan fingerprint density at radius 1 is 1.18 bits per heavy atom. The van der Waals surface area contributed by atoms with E-state index in [2.05, 4.69) is 32.6 Å². The van der Waals surface area contributed by atoms with Crippen molar-refractivity contribution in [1.29, 1.82) is 0 Å². The van der Waals surface area contributed by atoms with Gasteiger partial charge >= 0.3 is 0 Å². The molecular formula is C31H52N6O2. The lowest BCUT2D eigenvalue weighted by Crippen LogP contribution is -2.60. The van der Waals surface area contributed by atoms with Crippen molar-refractivity contribution in [3.8, 4) is 11.3 Å². The number of carbonyl (C=O) groups is 2. The number of hydrogen-bond donors (Lipinski definition) is 3. The molecule has 0 radical (unpaired) electrons. The molecule has 0 atom stereocenters. The summed E-state index contributed by atoms with van der Waals surface area (Å²) in [4.78, 5) is 35.8. The number of aryl methyl sites for hydroxylation is 1. The van der Waals surface area contributed by atoms with Crippen LogP contribution < -0.4 is 11.5 Å². The van der Waals surface area contributed by atoms with Crippen LogP contribution in [0.4, 0.5) is 5.69 Å². The maximum Gasteiger partial charge on any atom is 0.132 e. The summed E-state index contributed by atoms with van der Waals surface area (Å²) in [5, 5.41) is 0. The van der Waals surface area contributed by atoms with Crippen LogP contribution in [0.15, 0.2) is 29.4 Å². The third-order valence-corrected chi connectivity index (χ3v) is 7.10. The van der Waals surface area contributed by atoms with Gasteiger partial charge in [0.2, 0.25) is 0 Å². The number of unbranched alkanes of at least 4 members (excludes halogenated alkanes) is 3. The number of aromatic nitrogens is 2. The number of aldehydes is 1. The van der Waals surface area contributed by atoms with Gasteiger partial charge < -0.3 is 26.1 Å². The molecule has 8 nitrogen and oxygen atoms in total. The van der Waals surface area contributed by atoms with Gasteiger partial charge in [-0.3, -0.25) is 9.79 Å². The van der Waals surface area contributed by atoms with Crippen molar-refractivity contribution in [3.63, 3.8) is 0 Å². The number of H-pyrrole nitrogens is 1. The van der Waals surface area contributed by atoms with Crippen LogP contribution in [0.1, 0.15) is 83.5 Å². The lowest BCUT2D eigenvalue weighted by atomic mass is 9.58. The number of aromatic amines is 1. The first kappa shape index (κ1) is 34.2. The van der Waals surface area contributed by atoms with Crippen LogP contribution in [0.3, 0.4) is 0 Å². The molecule has 2 fully saturated rings. The summed E-state index contributed by atoms with van der Waals surface area (Å²) in [5.41, 5.74) is 14.7. The molecule has 218 valence electrons. The molecule has 5 N–H and O–H groups in total. The average Bonchev–Trinajstić information content (AvgIpc) is 3.40. The first-order chi connectivity index (χ1) is 18.9. The summed E-state index contributed by atoms with van der Waals surface area (Å²) < 4.78 is 0. The molecule has 8 heteroatoms. The number of nitrogen functional groups attached to an aromatic ring is 1. The first-order valence-corrected chi connectivity index (χ1v) is 14.5. The number of nitrogens with zero attached hydrogens (tertiary/aromatic N) is 3. The Hall–Kier alpha value is -2.84. The van der Waals surface area contributed by atoms with Gasteiger partial charge in [0, 0.05) is 68.3 Å². The zero-order valence-corrected chi connectivity index (χ0v) is 25.1. The molecular weight excluding hydrogens is 488 g/mol. The normalized spacial score (nSPS) is 15.6. The molecule has 0 amide bonds. The van der Waals surface area contributed by atoms with E-state index in [4.69, 9.17) is 5.73 Å². The second-order valence-electron chi connectivity index (χ2n) is 10.3. The number of imidazole rings is 1. The van der Waals surface area contributed by atoms with Crippen LogP contribution in [0, 0.1) is 11.3 Å². The molecule has 1 saturated heterocycles. The highest BCUT2D eigenvalue weighted by molar-refractivity contribution is 5.89. The minimum absolute atomic E-state index is 0.367. The largest absolute Gasteiger partial charge is 0.398 e. The van der Waals surface area contributed by atoms with Gasteiger partial charge in [-0.1, -0.05) is 39.7 Å². The Kier molecular flexibility index (Phi) is 16.2. The Labute approximate surface area is 236 Å². The van der Waals surface area contributed by atoms with E-state index in [9.17, 15) is 9.59 Å². The Balaban J connectivity index is 0.000000447. The number of nitrogens with one attached hydrogen (secondary N) is 1. The van der Waals surface area contributed by atoms with E-state index in [0.717, 1.165) is 86.0 Å². The SMILES string of the molecule is CC.CCC(=O)CCCCCCc1ncc(-c2ccc(N)c(C=NC)c2)[nH]1.CN.CN1CC2(CC(C=O)C2)C1. The second kappa shape index (κ2) is 18.4. The van der Waals surface area contributed by atoms with Crippen LogP contribution in [-0.4, -0.2) is 67.4 Å². The third-order valence-electron chi connectivity index (χ3n) is 7.10. The smallest absolute Gasteiger partial charge is 0.132 e. The van der Waals surface area contributed by atoms with Crippen molar-refractivity contribution < 1.29 is 9.59 Å². The highest BCUT2D eigenvalue weighted by Crippen LogP contribution is 2.50. The maximum atomic E-state index is 11.3. The van der Waals surface area contributed by atoms with Gasteiger partial charge in [-0.2, -0.15) is 0 Å². The zero-order valence-electron chi connectivity index (χ0n) is 25.1. The predicted molar refractivity (Wildman–Crippen MR) is 164 cm³/mol. The minimum Gasteiger partial charge on any atom is -0.398 e. The molecule has 0 bridgehead atoms. The Bertz CT molecular complexity index is 1000. The molecule has 1 aliphatic carbocycles. The van der Waals surface area contributed by atoms with Gasteiger partial charge in [0.1, 0.15) is 17.9 Å². The van der Waals surface area contributed by atoms with E-state index >= 15 is 0 Å². The second-order valence-corrected chi connectivity index (χ2v) is 10.3. The van der Waals surface area contributed by atoms with E-state index in [-0.39, 0.29) is 0 Å². The lowest BCUT2D eigenvalue weighted by molar-refractivity contribution is -0.128. The molecule has 2 aromatic rings. The monoisotopic (exact) mass is 540 g/mol. The summed E-state index contributed by atoms with van der Waals surface area (Å²) >= 11 is 0. The molecule has 1 aromatic carbocycles. The fourth-order valence-electron chi connectivity index (χ4n) is 5.28. The van der Waals surface area contributed by atoms with Crippen molar-refractivity contribution in [1.82, 2.24) is 14.9 Å². The van der Waals surface area contributed by atoms with E-state index < -0.39 is 0 Å². The van der Waals surface area contributed by atoms with Gasteiger partial charge in [0.15, 0.2) is 0 Å². The molecule has 2 aliphatic rings. The molecule has 0 unspecified atom stereocenters. The number of rotatable bonds is 11. The van der Waals surface area contributed by atoms with E-state index in [1.807, 2.05) is 45.2 Å². The number of carbonyl (C=O) groups excluding carboxylic acids is 2. The van der Waals surface area contributed by atoms with Crippen molar-refractivity contribution in [2.45, 2.75) is 78.6 Å². The van der Waals surface area contributed by atoms with E-state index in [0.29, 0.717) is 23.5 Å². The van der Waals surface area contributed by atoms with Gasteiger partial charge in [-0.25, -0.2) is 4.98 Å². The number of likely N-dealkylation sites (tertiary alicyclic amines) is 1. The number of nitrogens with two attached hydrogens (primary N) is 2. The maximum absolute atomic E-state index is 11.3. The Morgan fingerprint density at radius 2 is 1.85 bits per heavy atom. The summed E-state index contributed by atoms with van der Waals surface area (Å²) in [6.07, 6.45) is 13.7. The van der Waals surface area contributed by atoms with Gasteiger partial charge in [0.25, 0.3) is 0 Å². The zero-order chi connectivity index (χ0) is 29.3. The summed E-state index contributed by atoms with van der Waals surface area (Å²) in [7, 11) is 5.37. The van der Waals surface area contributed by atoms with Crippen molar-refractivity contribution in [3.05, 3.63) is 35.8 Å². The highest BCUT2D eigenvalue weighted by atomic mass is 16.1. The van der Waals surface area contributed by atoms with Crippen LogP contribution in [0.2, 0.25) is 0 Å². The third kappa shape index (κ3) is 11.0. The summed E-state index contributed by atoms with van der Waals surface area (Å²) in [6.45, 7) is 8.37.